The number of aryl methyl sites for hydroxylation is 2. The Morgan fingerprint density at radius 3 is 0.909 bits per heavy atom. The van der Waals surface area contributed by atoms with Gasteiger partial charge in [0, 0.05) is 0 Å². The summed E-state index contributed by atoms with van der Waals surface area (Å²) in [5.41, 5.74) is 0.474. The normalized spacial score (nSPS) is 11.6. The van der Waals surface area contributed by atoms with Crippen LogP contribution in [0.3, 0.4) is 0 Å². The summed E-state index contributed by atoms with van der Waals surface area (Å²) < 4.78 is 71.5. The van der Waals surface area contributed by atoms with Crippen LogP contribution in [0.2, 0.25) is 0 Å². The molecule has 0 aromatic heterocycles. The molecule has 0 unspecified atom stereocenters. The highest BCUT2D eigenvalue weighted by atomic mass is 19.4. The van der Waals surface area contributed by atoms with Crippen molar-refractivity contribution in [2.75, 3.05) is 0 Å². The highest BCUT2D eigenvalue weighted by Gasteiger charge is 2.30. The van der Waals surface area contributed by atoms with Crippen molar-refractivity contribution in [3.8, 4) is 0 Å². The smallest absolute Gasteiger partial charge is 0.166 e. The zero-order valence-corrected chi connectivity index (χ0v) is 11.9. The highest BCUT2D eigenvalue weighted by molar-refractivity contribution is 5.24. The van der Waals surface area contributed by atoms with Gasteiger partial charge in [0.15, 0.2) is 0 Å². The summed E-state index contributed by atoms with van der Waals surface area (Å²) in [6.45, 7) is 3.50. The topological polar surface area (TPSA) is 0 Å². The highest BCUT2D eigenvalue weighted by Crippen LogP contribution is 2.29. The van der Waals surface area contributed by atoms with E-state index in [1.165, 1.54) is 24.3 Å². The van der Waals surface area contributed by atoms with E-state index >= 15 is 0 Å². The molecule has 0 nitrogen and oxygen atoms in total. The molecule has 0 heterocycles. The van der Waals surface area contributed by atoms with Crippen LogP contribution in [0.5, 0.6) is 0 Å². The van der Waals surface area contributed by atoms with E-state index in [-0.39, 0.29) is 0 Å². The van der Waals surface area contributed by atoms with Gasteiger partial charge in [-0.2, -0.15) is 26.3 Å². The third-order valence-corrected chi connectivity index (χ3v) is 2.76. The van der Waals surface area contributed by atoms with Crippen molar-refractivity contribution in [2.45, 2.75) is 26.2 Å². The number of alkyl halides is 6. The van der Waals surface area contributed by atoms with Crippen LogP contribution in [0.4, 0.5) is 26.3 Å². The quantitative estimate of drug-likeness (QED) is 0.520. The van der Waals surface area contributed by atoms with Crippen LogP contribution < -0.4 is 0 Å². The van der Waals surface area contributed by atoms with Crippen LogP contribution >= 0.6 is 0 Å². The van der Waals surface area contributed by atoms with E-state index in [4.69, 9.17) is 0 Å². The second-order valence-corrected chi connectivity index (χ2v) is 4.73. The molecule has 120 valence electrons. The number of halogens is 6. The number of hydrogen-bond acceptors (Lipinski definition) is 0. The molecular weight excluding hydrogens is 306 g/mol. The third kappa shape index (κ3) is 5.79. The molecular formula is C16H14F6. The first-order chi connectivity index (χ1) is 10.00. The fourth-order valence-electron chi connectivity index (χ4n) is 1.49. The number of rotatable bonds is 0. The lowest BCUT2D eigenvalue weighted by atomic mass is 10.1. The van der Waals surface area contributed by atoms with Gasteiger partial charge in [0.25, 0.3) is 0 Å². The van der Waals surface area contributed by atoms with E-state index in [9.17, 15) is 26.3 Å². The molecule has 0 spiro atoms. The van der Waals surface area contributed by atoms with Crippen molar-refractivity contribution >= 4 is 0 Å². The van der Waals surface area contributed by atoms with Gasteiger partial charge in [-0.15, -0.1) is 0 Å². The molecule has 0 bridgehead atoms. The van der Waals surface area contributed by atoms with E-state index in [0.29, 0.717) is 0 Å². The largest absolute Gasteiger partial charge is 0.416 e. The van der Waals surface area contributed by atoms with E-state index in [2.05, 4.69) is 0 Å². The molecule has 2 aromatic carbocycles. The summed E-state index contributed by atoms with van der Waals surface area (Å²) in [6, 6.07) is 10.1. The third-order valence-electron chi connectivity index (χ3n) is 2.76. The lowest BCUT2D eigenvalue weighted by molar-refractivity contribution is -0.138. The van der Waals surface area contributed by atoms with Gasteiger partial charge in [-0.1, -0.05) is 35.4 Å². The Labute approximate surface area is 124 Å². The van der Waals surface area contributed by atoms with Crippen LogP contribution in [0.1, 0.15) is 22.3 Å². The van der Waals surface area contributed by atoms with Crippen molar-refractivity contribution in [1.29, 1.82) is 0 Å². The minimum absolute atomic E-state index is 0.594. The van der Waals surface area contributed by atoms with Crippen molar-refractivity contribution in [2.24, 2.45) is 0 Å². The molecule has 0 aliphatic heterocycles. The first kappa shape index (κ1) is 18.1. The minimum atomic E-state index is -4.21. The maximum Gasteiger partial charge on any atom is 0.416 e. The second kappa shape index (κ2) is 6.85. The SMILES string of the molecule is Cc1ccc(C(F)(F)F)cc1.Cc1ccc(C(F)(F)F)cc1. The van der Waals surface area contributed by atoms with Crippen LogP contribution in [-0.4, -0.2) is 0 Å². The molecule has 6 heteroatoms. The zero-order chi connectivity index (χ0) is 17.0. The van der Waals surface area contributed by atoms with Gasteiger partial charge in [-0.05, 0) is 38.1 Å². The molecule has 0 radical (unpaired) electrons. The molecule has 22 heavy (non-hydrogen) atoms. The predicted octanol–water partition coefficient (Wildman–Crippen LogP) is 6.03. The monoisotopic (exact) mass is 320 g/mol. The van der Waals surface area contributed by atoms with Crippen molar-refractivity contribution in [3.63, 3.8) is 0 Å². The average molecular weight is 320 g/mol. The maximum absolute atomic E-state index is 11.9. The Kier molecular flexibility index (Phi) is 5.63. The summed E-state index contributed by atoms with van der Waals surface area (Å²) in [7, 11) is 0. The van der Waals surface area contributed by atoms with E-state index in [1.54, 1.807) is 13.8 Å². The summed E-state index contributed by atoms with van der Waals surface area (Å²) in [5, 5.41) is 0. The van der Waals surface area contributed by atoms with E-state index in [0.717, 1.165) is 35.4 Å². The van der Waals surface area contributed by atoms with E-state index < -0.39 is 23.5 Å². The molecule has 2 aromatic rings. The molecule has 0 amide bonds. The van der Waals surface area contributed by atoms with Gasteiger partial charge in [0.2, 0.25) is 0 Å². The van der Waals surface area contributed by atoms with Gasteiger partial charge in [0.05, 0.1) is 11.1 Å². The van der Waals surface area contributed by atoms with Gasteiger partial charge in [-0.3, -0.25) is 0 Å². The van der Waals surface area contributed by atoms with E-state index in [1.807, 2.05) is 0 Å². The Morgan fingerprint density at radius 2 is 0.727 bits per heavy atom. The maximum atomic E-state index is 11.9. The first-order valence-corrected chi connectivity index (χ1v) is 6.28. The van der Waals surface area contributed by atoms with Crippen molar-refractivity contribution < 1.29 is 26.3 Å². The Hall–Kier alpha value is -1.98. The van der Waals surface area contributed by atoms with Crippen LogP contribution in [0.15, 0.2) is 48.5 Å². The van der Waals surface area contributed by atoms with Gasteiger partial charge < -0.3 is 0 Å². The predicted molar refractivity (Wildman–Crippen MR) is 72.4 cm³/mol. The molecule has 0 saturated heterocycles. The lowest BCUT2D eigenvalue weighted by Crippen LogP contribution is -2.03. The lowest BCUT2D eigenvalue weighted by Gasteiger charge is -2.05. The fourth-order valence-corrected chi connectivity index (χ4v) is 1.49. The number of hydrogen-bond donors (Lipinski definition) is 0. The summed E-state index contributed by atoms with van der Waals surface area (Å²) in [5.74, 6) is 0. The summed E-state index contributed by atoms with van der Waals surface area (Å²) >= 11 is 0. The molecule has 0 aliphatic carbocycles. The van der Waals surface area contributed by atoms with Crippen LogP contribution in [-0.2, 0) is 12.4 Å². The Morgan fingerprint density at radius 1 is 0.500 bits per heavy atom. The molecule has 0 atom stereocenters. The van der Waals surface area contributed by atoms with Gasteiger partial charge in [0.1, 0.15) is 0 Å². The summed E-state index contributed by atoms with van der Waals surface area (Å²) in [6.07, 6.45) is -8.43. The second-order valence-electron chi connectivity index (χ2n) is 4.73. The van der Waals surface area contributed by atoms with Gasteiger partial charge >= 0.3 is 12.4 Å². The fraction of sp³-hybridized carbons (Fsp3) is 0.250. The van der Waals surface area contributed by atoms with Crippen molar-refractivity contribution in [1.82, 2.24) is 0 Å². The minimum Gasteiger partial charge on any atom is -0.166 e. The molecule has 0 aliphatic rings. The van der Waals surface area contributed by atoms with Gasteiger partial charge in [-0.25, -0.2) is 0 Å². The molecule has 2 rings (SSSR count). The average Bonchev–Trinajstić information content (AvgIpc) is 2.38. The first-order valence-electron chi connectivity index (χ1n) is 6.28. The Balaban J connectivity index is 0.000000220. The Bertz CT molecular complexity index is 521. The van der Waals surface area contributed by atoms with Crippen molar-refractivity contribution in [3.05, 3.63) is 70.8 Å². The standard InChI is InChI=1S/2C8H7F3/c2*1-6-2-4-7(5-3-6)8(9,10)11/h2*2-5H,1H3. The molecule has 0 fully saturated rings. The molecule has 0 N–H and O–H groups in total. The molecule has 0 saturated carbocycles. The number of benzene rings is 2. The van der Waals surface area contributed by atoms with Crippen LogP contribution in [0, 0.1) is 13.8 Å². The van der Waals surface area contributed by atoms with Crippen LogP contribution in [0.25, 0.3) is 0 Å². The summed E-state index contributed by atoms with van der Waals surface area (Å²) in [4.78, 5) is 0. The zero-order valence-electron chi connectivity index (χ0n) is 11.9.